The van der Waals surface area contributed by atoms with Crippen LogP contribution < -0.4 is 15.0 Å². The minimum atomic E-state index is -0.348. The van der Waals surface area contributed by atoms with Crippen molar-refractivity contribution in [2.75, 3.05) is 31.1 Å². The van der Waals surface area contributed by atoms with Crippen molar-refractivity contribution in [2.24, 2.45) is 5.92 Å². The number of pyridine rings is 1. The van der Waals surface area contributed by atoms with E-state index in [1.807, 2.05) is 31.6 Å². The molecule has 37 heavy (non-hydrogen) atoms. The Hall–Kier alpha value is -4.12. The summed E-state index contributed by atoms with van der Waals surface area (Å²) in [5.41, 5.74) is 2.68. The van der Waals surface area contributed by atoms with Crippen LogP contribution in [0.4, 0.5) is 5.95 Å². The van der Waals surface area contributed by atoms with Gasteiger partial charge in [-0.15, -0.1) is 0 Å². The maximum Gasteiger partial charge on any atom is 0.269 e. The van der Waals surface area contributed by atoms with Gasteiger partial charge >= 0.3 is 0 Å². The molecule has 0 aromatic carbocycles. The lowest BCUT2D eigenvalue weighted by atomic mass is 9.94. The molecule has 1 saturated heterocycles. The summed E-state index contributed by atoms with van der Waals surface area (Å²) in [5, 5.41) is 12.3. The van der Waals surface area contributed by atoms with E-state index in [-0.39, 0.29) is 30.8 Å². The quantitative estimate of drug-likeness (QED) is 0.392. The van der Waals surface area contributed by atoms with Gasteiger partial charge in [0.2, 0.25) is 11.8 Å². The van der Waals surface area contributed by atoms with E-state index in [9.17, 15) is 4.79 Å². The number of nitrogens with one attached hydrogen (secondary N) is 1. The summed E-state index contributed by atoms with van der Waals surface area (Å²) >= 11 is 0. The molecule has 5 heterocycles. The molecule has 2 atom stereocenters. The molecule has 4 aromatic rings. The number of hydrogen-bond acceptors (Lipinski definition) is 9. The highest BCUT2D eigenvalue weighted by molar-refractivity contribution is 5.92. The van der Waals surface area contributed by atoms with Gasteiger partial charge in [0, 0.05) is 44.3 Å². The Kier molecular flexibility index (Phi) is 6.95. The first-order valence-corrected chi connectivity index (χ1v) is 12.3. The molecule has 0 bridgehead atoms. The largest absolute Gasteiger partial charge is 0.436 e. The Morgan fingerprint density at radius 2 is 1.97 bits per heavy atom. The predicted molar refractivity (Wildman–Crippen MR) is 138 cm³/mol. The Bertz CT molecular complexity index is 1400. The fraction of sp³-hybridized carbons (Fsp3) is 0.385. The summed E-state index contributed by atoms with van der Waals surface area (Å²) in [4.78, 5) is 36.6. The Morgan fingerprint density at radius 1 is 1.16 bits per heavy atom. The summed E-state index contributed by atoms with van der Waals surface area (Å²) in [6.45, 7) is 7.75. The molecule has 1 amide bonds. The fourth-order valence-electron chi connectivity index (χ4n) is 4.72. The number of ether oxygens (including phenoxy) is 1. The van der Waals surface area contributed by atoms with Crippen LogP contribution in [0.1, 0.15) is 41.1 Å². The standard InChI is InChI=1S/C26H30N8O3/c1-16-12-28-26(29-13-16)33-9-7-21(17(2)14-33)34-10-6-19-23(34)30-15-31-25(19)37-22-5-4-20(32-18(22)3)24(36)27-8-11-35/h4-6,10,12-13,15,17,21,35H,7-9,11,14H2,1-3H3,(H,27,36)/t17-,21+/m1/s1. The number of amides is 1. The number of fused-ring (bicyclic) bond motifs is 1. The molecule has 5 rings (SSSR count). The van der Waals surface area contributed by atoms with Crippen LogP contribution in [0, 0.1) is 19.8 Å². The number of carbonyl (C=O) groups excluding carboxylic acids is 1. The summed E-state index contributed by atoms with van der Waals surface area (Å²) in [6.07, 6.45) is 8.20. The highest BCUT2D eigenvalue weighted by Gasteiger charge is 2.30. The number of rotatable bonds is 7. The van der Waals surface area contributed by atoms with Gasteiger partial charge in [-0.1, -0.05) is 6.92 Å². The van der Waals surface area contributed by atoms with Gasteiger partial charge in [-0.05, 0) is 49.9 Å². The molecule has 1 aliphatic heterocycles. The lowest BCUT2D eigenvalue weighted by Gasteiger charge is -2.37. The topological polar surface area (TPSA) is 131 Å². The van der Waals surface area contributed by atoms with Gasteiger partial charge in [0.1, 0.15) is 17.7 Å². The lowest BCUT2D eigenvalue weighted by molar-refractivity contribution is 0.0939. The van der Waals surface area contributed by atoms with E-state index >= 15 is 0 Å². The highest BCUT2D eigenvalue weighted by atomic mass is 16.5. The molecular weight excluding hydrogens is 472 g/mol. The van der Waals surface area contributed by atoms with Crippen molar-refractivity contribution in [3.05, 3.63) is 60.1 Å². The SMILES string of the molecule is Cc1cnc(N2CC[C@H](n3ccc4c(Oc5ccc(C(=O)NCCO)nc5C)ncnc43)[C@H](C)C2)nc1. The van der Waals surface area contributed by atoms with E-state index in [0.29, 0.717) is 23.2 Å². The van der Waals surface area contributed by atoms with E-state index in [0.717, 1.165) is 42.1 Å². The maximum atomic E-state index is 12.1. The highest BCUT2D eigenvalue weighted by Crippen LogP contribution is 2.35. The second-order valence-corrected chi connectivity index (χ2v) is 9.34. The average Bonchev–Trinajstić information content (AvgIpc) is 3.33. The van der Waals surface area contributed by atoms with Gasteiger partial charge in [-0.3, -0.25) is 4.79 Å². The van der Waals surface area contributed by atoms with E-state index in [4.69, 9.17) is 9.84 Å². The number of nitrogens with zero attached hydrogens (tertiary/aromatic N) is 7. The van der Waals surface area contributed by atoms with Crippen LogP contribution in [0.5, 0.6) is 11.6 Å². The van der Waals surface area contributed by atoms with Crippen molar-refractivity contribution in [2.45, 2.75) is 33.2 Å². The van der Waals surface area contributed by atoms with Crippen LogP contribution in [-0.4, -0.2) is 66.7 Å². The summed E-state index contributed by atoms with van der Waals surface area (Å²) in [5.74, 6) is 1.71. The molecule has 0 spiro atoms. The van der Waals surface area contributed by atoms with Crippen LogP contribution >= 0.6 is 0 Å². The van der Waals surface area contributed by atoms with Crippen LogP contribution in [0.2, 0.25) is 0 Å². The minimum absolute atomic E-state index is 0.131. The van der Waals surface area contributed by atoms with Crippen LogP contribution in [0.15, 0.2) is 43.1 Å². The lowest BCUT2D eigenvalue weighted by Crippen LogP contribution is -2.41. The Labute approximate surface area is 214 Å². The molecule has 11 heteroatoms. The van der Waals surface area contributed by atoms with E-state index in [1.165, 1.54) is 6.33 Å². The van der Waals surface area contributed by atoms with Crippen molar-refractivity contribution in [3.8, 4) is 11.6 Å². The number of aliphatic hydroxyl groups excluding tert-OH is 1. The molecular formula is C26H30N8O3. The number of aryl methyl sites for hydroxylation is 2. The maximum absolute atomic E-state index is 12.1. The van der Waals surface area contributed by atoms with Gasteiger partial charge in [0.25, 0.3) is 5.91 Å². The van der Waals surface area contributed by atoms with Crippen LogP contribution in [-0.2, 0) is 0 Å². The van der Waals surface area contributed by atoms with Crippen molar-refractivity contribution >= 4 is 22.9 Å². The first kappa shape index (κ1) is 24.6. The first-order valence-electron chi connectivity index (χ1n) is 12.3. The number of anilines is 1. The second-order valence-electron chi connectivity index (χ2n) is 9.34. The molecule has 0 aliphatic carbocycles. The number of carbonyl (C=O) groups is 1. The summed E-state index contributed by atoms with van der Waals surface area (Å²) < 4.78 is 8.34. The first-order chi connectivity index (χ1) is 17.9. The van der Waals surface area contributed by atoms with E-state index in [1.54, 1.807) is 19.1 Å². The average molecular weight is 503 g/mol. The van der Waals surface area contributed by atoms with E-state index < -0.39 is 0 Å². The normalized spacial score (nSPS) is 17.7. The van der Waals surface area contributed by atoms with Crippen molar-refractivity contribution in [3.63, 3.8) is 0 Å². The van der Waals surface area contributed by atoms with Gasteiger partial charge in [0.05, 0.1) is 17.7 Å². The van der Waals surface area contributed by atoms with Crippen LogP contribution in [0.25, 0.3) is 11.0 Å². The molecule has 192 valence electrons. The number of piperidine rings is 1. The second kappa shape index (κ2) is 10.5. The third-order valence-electron chi connectivity index (χ3n) is 6.61. The zero-order valence-corrected chi connectivity index (χ0v) is 21.1. The van der Waals surface area contributed by atoms with Crippen LogP contribution in [0.3, 0.4) is 0 Å². The van der Waals surface area contributed by atoms with Crippen molar-refractivity contribution < 1.29 is 14.6 Å². The molecule has 0 radical (unpaired) electrons. The molecule has 4 aromatic heterocycles. The summed E-state index contributed by atoms with van der Waals surface area (Å²) in [7, 11) is 0. The van der Waals surface area contributed by atoms with Gasteiger partial charge in [-0.2, -0.15) is 0 Å². The molecule has 1 fully saturated rings. The van der Waals surface area contributed by atoms with Gasteiger partial charge in [-0.25, -0.2) is 24.9 Å². The number of aliphatic hydroxyl groups is 1. The monoisotopic (exact) mass is 502 g/mol. The molecule has 0 unspecified atom stereocenters. The molecule has 11 nitrogen and oxygen atoms in total. The Balaban J connectivity index is 1.34. The van der Waals surface area contributed by atoms with Crippen molar-refractivity contribution in [1.82, 2.24) is 34.8 Å². The number of aromatic nitrogens is 6. The molecule has 0 saturated carbocycles. The minimum Gasteiger partial charge on any atom is -0.436 e. The van der Waals surface area contributed by atoms with E-state index in [2.05, 4.69) is 46.6 Å². The smallest absolute Gasteiger partial charge is 0.269 e. The van der Waals surface area contributed by atoms with Crippen molar-refractivity contribution in [1.29, 1.82) is 0 Å². The third kappa shape index (κ3) is 5.08. The molecule has 2 N–H and O–H groups in total. The molecule has 1 aliphatic rings. The fourth-order valence-corrected chi connectivity index (χ4v) is 4.72. The van der Waals surface area contributed by atoms with Gasteiger partial charge < -0.3 is 24.6 Å². The zero-order chi connectivity index (χ0) is 25.9. The summed E-state index contributed by atoms with van der Waals surface area (Å²) in [6, 6.07) is 5.53. The number of hydrogen-bond donors (Lipinski definition) is 2. The Morgan fingerprint density at radius 3 is 2.70 bits per heavy atom. The zero-order valence-electron chi connectivity index (χ0n) is 21.1. The predicted octanol–water partition coefficient (Wildman–Crippen LogP) is 2.84. The van der Waals surface area contributed by atoms with Gasteiger partial charge in [0.15, 0.2) is 5.75 Å². The third-order valence-corrected chi connectivity index (χ3v) is 6.61.